The molecule has 3 unspecified atom stereocenters. The predicted octanol–water partition coefficient (Wildman–Crippen LogP) is 2.72. The second kappa shape index (κ2) is 7.41. The highest BCUT2D eigenvalue weighted by molar-refractivity contribution is 6.30. The highest BCUT2D eigenvalue weighted by Gasteiger charge is 2.41. The second-order valence-corrected chi connectivity index (χ2v) is 6.41. The van der Waals surface area contributed by atoms with Gasteiger partial charge < -0.3 is 20.1 Å². The molecule has 2 aliphatic rings. The van der Waals surface area contributed by atoms with Crippen LogP contribution in [-0.4, -0.2) is 37.9 Å². The lowest BCUT2D eigenvalue weighted by Crippen LogP contribution is -2.47. The summed E-state index contributed by atoms with van der Waals surface area (Å²) >= 11 is 6.04. The molecule has 2 fully saturated rings. The third kappa shape index (κ3) is 3.90. The van der Waals surface area contributed by atoms with E-state index in [2.05, 4.69) is 15.6 Å². The third-order valence-corrected chi connectivity index (χ3v) is 4.66. The molecule has 2 heterocycles. The van der Waals surface area contributed by atoms with Crippen LogP contribution in [0.1, 0.15) is 31.7 Å². The maximum atomic E-state index is 6.04. The lowest BCUT2D eigenvalue weighted by atomic mass is 9.96. The minimum absolute atomic E-state index is 0.327. The van der Waals surface area contributed by atoms with Gasteiger partial charge in [-0.15, -0.1) is 0 Å². The molecule has 2 bridgehead atoms. The van der Waals surface area contributed by atoms with Crippen LogP contribution in [0.5, 0.6) is 5.75 Å². The molecular formula is C17H24ClN3O2. The van der Waals surface area contributed by atoms with Crippen LogP contribution in [0.15, 0.2) is 23.2 Å². The number of benzene rings is 1. The molecule has 1 aromatic rings. The van der Waals surface area contributed by atoms with Crippen molar-refractivity contribution >= 4 is 17.6 Å². The van der Waals surface area contributed by atoms with Crippen LogP contribution in [0.2, 0.25) is 5.02 Å². The number of fused-ring (bicyclic) bond motifs is 2. The van der Waals surface area contributed by atoms with Crippen LogP contribution in [0.3, 0.4) is 0 Å². The molecule has 0 aromatic heterocycles. The zero-order chi connectivity index (χ0) is 16.2. The number of rotatable bonds is 5. The van der Waals surface area contributed by atoms with Crippen molar-refractivity contribution in [1.29, 1.82) is 0 Å². The lowest BCUT2D eigenvalue weighted by Gasteiger charge is -2.23. The molecule has 6 heteroatoms. The fourth-order valence-corrected chi connectivity index (χ4v) is 3.47. The van der Waals surface area contributed by atoms with Gasteiger partial charge in [0.2, 0.25) is 0 Å². The molecule has 1 aromatic carbocycles. The van der Waals surface area contributed by atoms with Crippen molar-refractivity contribution in [3.63, 3.8) is 0 Å². The number of halogens is 1. The van der Waals surface area contributed by atoms with Gasteiger partial charge in [0, 0.05) is 24.2 Å². The molecule has 0 radical (unpaired) electrons. The van der Waals surface area contributed by atoms with Gasteiger partial charge >= 0.3 is 0 Å². The molecule has 0 amide bonds. The number of hydrogen-bond acceptors (Lipinski definition) is 3. The Morgan fingerprint density at radius 2 is 2.30 bits per heavy atom. The molecule has 2 N–H and O–H groups in total. The fraction of sp³-hybridized carbons (Fsp3) is 0.588. The SMILES string of the molecule is CCOc1cc(Cl)ccc1CNC(=NC)NC1CC2CCC1O2. The van der Waals surface area contributed by atoms with Crippen LogP contribution in [-0.2, 0) is 11.3 Å². The first kappa shape index (κ1) is 16.4. The summed E-state index contributed by atoms with van der Waals surface area (Å²) in [6.07, 6.45) is 4.16. The number of hydrogen-bond donors (Lipinski definition) is 2. The normalized spacial score (nSPS) is 26.4. The second-order valence-electron chi connectivity index (χ2n) is 5.97. The Kier molecular flexibility index (Phi) is 5.28. The van der Waals surface area contributed by atoms with Gasteiger partial charge in [0.15, 0.2) is 5.96 Å². The number of nitrogens with zero attached hydrogens (tertiary/aromatic N) is 1. The predicted molar refractivity (Wildman–Crippen MR) is 92.3 cm³/mol. The van der Waals surface area contributed by atoms with Gasteiger partial charge in [0.25, 0.3) is 0 Å². The number of guanidine groups is 1. The van der Waals surface area contributed by atoms with E-state index in [0.29, 0.717) is 36.4 Å². The summed E-state index contributed by atoms with van der Waals surface area (Å²) in [5.41, 5.74) is 1.06. The Balaban J connectivity index is 1.58. The summed E-state index contributed by atoms with van der Waals surface area (Å²) in [5.74, 6) is 1.61. The van der Waals surface area contributed by atoms with Crippen LogP contribution < -0.4 is 15.4 Å². The van der Waals surface area contributed by atoms with Crippen LogP contribution in [0, 0.1) is 0 Å². The van der Waals surface area contributed by atoms with Crippen LogP contribution >= 0.6 is 11.6 Å². The number of aliphatic imine (C=N–C) groups is 1. The van der Waals surface area contributed by atoms with Crippen molar-refractivity contribution in [3.8, 4) is 5.75 Å². The molecule has 23 heavy (non-hydrogen) atoms. The summed E-state index contributed by atoms with van der Waals surface area (Å²) in [5, 5.41) is 7.51. The van der Waals surface area contributed by atoms with Crippen molar-refractivity contribution in [2.24, 2.45) is 4.99 Å². The highest BCUT2D eigenvalue weighted by atomic mass is 35.5. The maximum Gasteiger partial charge on any atom is 0.191 e. The fourth-order valence-electron chi connectivity index (χ4n) is 3.30. The van der Waals surface area contributed by atoms with Crippen LogP contribution in [0.4, 0.5) is 0 Å². The molecule has 0 aliphatic carbocycles. The van der Waals surface area contributed by atoms with E-state index in [-0.39, 0.29) is 0 Å². The molecule has 126 valence electrons. The van der Waals surface area contributed by atoms with E-state index in [1.807, 2.05) is 25.1 Å². The zero-order valence-electron chi connectivity index (χ0n) is 13.6. The molecule has 3 atom stereocenters. The monoisotopic (exact) mass is 337 g/mol. The summed E-state index contributed by atoms with van der Waals surface area (Å²) in [6, 6.07) is 6.06. The zero-order valence-corrected chi connectivity index (χ0v) is 14.4. The molecule has 0 saturated carbocycles. The molecule has 0 spiro atoms. The first-order chi connectivity index (χ1) is 11.2. The van der Waals surface area contributed by atoms with E-state index in [4.69, 9.17) is 21.1 Å². The summed E-state index contributed by atoms with van der Waals surface area (Å²) < 4.78 is 11.5. The Hall–Kier alpha value is -1.46. The topological polar surface area (TPSA) is 54.9 Å². The Morgan fingerprint density at radius 1 is 1.43 bits per heavy atom. The number of ether oxygens (including phenoxy) is 2. The van der Waals surface area contributed by atoms with Crippen LogP contribution in [0.25, 0.3) is 0 Å². The first-order valence-corrected chi connectivity index (χ1v) is 8.61. The van der Waals surface area contributed by atoms with Crippen molar-refractivity contribution in [3.05, 3.63) is 28.8 Å². The maximum absolute atomic E-state index is 6.04. The van der Waals surface area contributed by atoms with Crippen molar-refractivity contribution < 1.29 is 9.47 Å². The summed E-state index contributed by atoms with van der Waals surface area (Å²) in [7, 11) is 1.79. The van der Waals surface area contributed by atoms with Gasteiger partial charge in [-0.2, -0.15) is 0 Å². The molecule has 2 saturated heterocycles. The summed E-state index contributed by atoms with van der Waals surface area (Å²) in [6.45, 7) is 3.21. The van der Waals surface area contributed by atoms with E-state index in [0.717, 1.165) is 30.1 Å². The largest absolute Gasteiger partial charge is 0.493 e. The average molecular weight is 338 g/mol. The van der Waals surface area contributed by atoms with Crippen molar-refractivity contribution in [1.82, 2.24) is 10.6 Å². The Bertz CT molecular complexity index is 579. The average Bonchev–Trinajstić information content (AvgIpc) is 3.16. The Labute approximate surface area is 142 Å². The van der Waals surface area contributed by atoms with Gasteiger partial charge in [-0.25, -0.2) is 0 Å². The molecule has 5 nitrogen and oxygen atoms in total. The van der Waals surface area contributed by atoms with Gasteiger partial charge in [-0.05, 0) is 38.3 Å². The minimum atomic E-state index is 0.327. The van der Waals surface area contributed by atoms with E-state index in [1.54, 1.807) is 7.05 Å². The first-order valence-electron chi connectivity index (χ1n) is 8.23. The molecule has 2 aliphatic heterocycles. The minimum Gasteiger partial charge on any atom is -0.493 e. The lowest BCUT2D eigenvalue weighted by molar-refractivity contribution is 0.0992. The highest BCUT2D eigenvalue weighted by Crippen LogP contribution is 2.34. The van der Waals surface area contributed by atoms with E-state index < -0.39 is 0 Å². The van der Waals surface area contributed by atoms with Gasteiger partial charge in [0.1, 0.15) is 5.75 Å². The Morgan fingerprint density at radius 3 is 2.96 bits per heavy atom. The van der Waals surface area contributed by atoms with Gasteiger partial charge in [0.05, 0.1) is 24.9 Å². The smallest absolute Gasteiger partial charge is 0.191 e. The van der Waals surface area contributed by atoms with Gasteiger partial charge in [-0.3, -0.25) is 4.99 Å². The summed E-state index contributed by atoms with van der Waals surface area (Å²) in [4.78, 5) is 4.32. The van der Waals surface area contributed by atoms with E-state index in [9.17, 15) is 0 Å². The quantitative estimate of drug-likeness (QED) is 0.641. The molecular weight excluding hydrogens is 314 g/mol. The van der Waals surface area contributed by atoms with Crippen molar-refractivity contribution in [2.75, 3.05) is 13.7 Å². The van der Waals surface area contributed by atoms with E-state index >= 15 is 0 Å². The van der Waals surface area contributed by atoms with E-state index in [1.165, 1.54) is 6.42 Å². The third-order valence-electron chi connectivity index (χ3n) is 4.43. The van der Waals surface area contributed by atoms with Crippen molar-refractivity contribution in [2.45, 2.75) is 51.0 Å². The standard InChI is InChI=1S/C17H24ClN3O2/c1-3-22-16-8-12(18)5-4-11(16)10-20-17(19-2)21-14-9-13-6-7-15(14)23-13/h4-5,8,13-15H,3,6-7,9-10H2,1-2H3,(H2,19,20,21). The molecule has 3 rings (SSSR count). The number of nitrogens with one attached hydrogen (secondary N) is 2. The van der Waals surface area contributed by atoms with Gasteiger partial charge in [-0.1, -0.05) is 17.7 Å².